The zero-order valence-electron chi connectivity index (χ0n) is 14.4. The summed E-state index contributed by atoms with van der Waals surface area (Å²) in [7, 11) is 0. The van der Waals surface area contributed by atoms with Gasteiger partial charge in [0.05, 0.1) is 23.4 Å². The molecule has 2 atom stereocenters. The maximum absolute atomic E-state index is 14.5. The Labute approximate surface area is 156 Å². The Balaban J connectivity index is 1.62. The van der Waals surface area contributed by atoms with Crippen LogP contribution in [0.25, 0.3) is 0 Å². The second kappa shape index (κ2) is 6.52. The highest BCUT2D eigenvalue weighted by Crippen LogP contribution is 2.34. The van der Waals surface area contributed by atoms with Crippen LogP contribution in [0.3, 0.4) is 0 Å². The Morgan fingerprint density at radius 3 is 3.08 bits per heavy atom. The third-order valence-corrected chi connectivity index (χ3v) is 5.20. The van der Waals surface area contributed by atoms with Gasteiger partial charge >= 0.3 is 0 Å². The van der Waals surface area contributed by atoms with Gasteiger partial charge in [0.25, 0.3) is 0 Å². The normalized spacial score (nSPS) is 27.9. The lowest BCUT2D eigenvalue weighted by atomic mass is 9.90. The lowest BCUT2D eigenvalue weighted by molar-refractivity contribution is 0.104. The van der Waals surface area contributed by atoms with Crippen molar-refractivity contribution < 1.29 is 9.13 Å². The van der Waals surface area contributed by atoms with E-state index < -0.39 is 5.54 Å². The van der Waals surface area contributed by atoms with Crippen molar-refractivity contribution in [1.82, 2.24) is 0 Å². The van der Waals surface area contributed by atoms with Crippen LogP contribution in [0, 0.1) is 5.82 Å². The molecule has 0 spiro atoms. The van der Waals surface area contributed by atoms with Gasteiger partial charge in [-0.1, -0.05) is 17.7 Å². The molecule has 0 bridgehead atoms. The van der Waals surface area contributed by atoms with Crippen LogP contribution >= 0.6 is 11.6 Å². The van der Waals surface area contributed by atoms with Gasteiger partial charge in [-0.15, -0.1) is 0 Å². The average Bonchev–Trinajstić information content (AvgIpc) is 2.99. The number of halogens is 2. The van der Waals surface area contributed by atoms with Crippen LogP contribution in [0.2, 0.25) is 0 Å². The zero-order chi connectivity index (χ0) is 18.3. The van der Waals surface area contributed by atoms with Crippen LogP contribution < -0.4 is 11.1 Å². The van der Waals surface area contributed by atoms with E-state index in [9.17, 15) is 4.39 Å². The van der Waals surface area contributed by atoms with Gasteiger partial charge in [-0.2, -0.15) is 0 Å². The van der Waals surface area contributed by atoms with E-state index in [1.54, 1.807) is 18.3 Å². The number of hydrogen-bond donors (Lipinski definition) is 2. The quantitative estimate of drug-likeness (QED) is 0.851. The van der Waals surface area contributed by atoms with Crippen molar-refractivity contribution in [2.24, 2.45) is 15.7 Å². The van der Waals surface area contributed by atoms with Crippen LogP contribution in [0.5, 0.6) is 0 Å². The molecule has 26 heavy (non-hydrogen) atoms. The Kier molecular flexibility index (Phi) is 4.32. The summed E-state index contributed by atoms with van der Waals surface area (Å²) in [6.45, 7) is 2.39. The van der Waals surface area contributed by atoms with Gasteiger partial charge < -0.3 is 15.8 Å². The number of nitrogens with zero attached hydrogens (tertiary/aromatic N) is 2. The Morgan fingerprint density at radius 2 is 2.27 bits per heavy atom. The average molecular weight is 375 g/mol. The summed E-state index contributed by atoms with van der Waals surface area (Å²) in [6, 6.07) is 4.99. The number of rotatable bonds is 3. The molecule has 4 rings (SSSR count). The standard InChI is InChI=1S/C19H20ClFN4O/c1-19(10-26-9-17(22)25-19)13-7-11(5-6-15(13)21)24-16-4-2-3-12-14(20)8-23-18(12)16/h3,5-8,16,24H,2,4,9-10H2,1H3,(H2,22,25)/t16?,19-/m0/s1. The first kappa shape index (κ1) is 17.2. The lowest BCUT2D eigenvalue weighted by Gasteiger charge is -2.31. The number of allylic oxidation sites excluding steroid dienone is 2. The first-order valence-corrected chi connectivity index (χ1v) is 8.97. The molecule has 2 heterocycles. The fraction of sp³-hybridized carbons (Fsp3) is 0.368. The van der Waals surface area contributed by atoms with Crippen molar-refractivity contribution >= 4 is 28.8 Å². The second-order valence-electron chi connectivity index (χ2n) is 6.95. The first-order chi connectivity index (χ1) is 12.5. The van der Waals surface area contributed by atoms with E-state index in [0.717, 1.165) is 29.8 Å². The van der Waals surface area contributed by atoms with Gasteiger partial charge in [0.2, 0.25) is 0 Å². The number of fused-ring (bicyclic) bond motifs is 1. The molecule has 5 nitrogen and oxygen atoms in total. The molecule has 0 amide bonds. The molecule has 1 aromatic carbocycles. The van der Waals surface area contributed by atoms with Crippen molar-refractivity contribution in [2.75, 3.05) is 18.5 Å². The highest BCUT2D eigenvalue weighted by atomic mass is 35.5. The zero-order valence-corrected chi connectivity index (χ0v) is 15.2. The molecule has 136 valence electrons. The number of nitrogens with two attached hydrogens (primary N) is 1. The molecule has 3 aliphatic rings. The molecular formula is C19H20ClFN4O. The smallest absolute Gasteiger partial charge is 0.129 e. The highest BCUT2D eigenvalue weighted by Gasteiger charge is 2.33. The number of anilines is 1. The van der Waals surface area contributed by atoms with Crippen molar-refractivity contribution in [3.8, 4) is 0 Å². The Hall–Kier alpha value is -2.18. The van der Waals surface area contributed by atoms with Gasteiger partial charge in [0.15, 0.2) is 0 Å². The van der Waals surface area contributed by atoms with Crippen molar-refractivity contribution in [1.29, 1.82) is 0 Å². The van der Waals surface area contributed by atoms with Crippen molar-refractivity contribution in [3.63, 3.8) is 0 Å². The van der Waals surface area contributed by atoms with Crippen molar-refractivity contribution in [3.05, 3.63) is 52.5 Å². The summed E-state index contributed by atoms with van der Waals surface area (Å²) >= 11 is 6.19. The minimum Gasteiger partial charge on any atom is -0.386 e. The van der Waals surface area contributed by atoms with Crippen LogP contribution in [-0.2, 0) is 10.3 Å². The molecular weight excluding hydrogens is 355 g/mol. The molecule has 3 N–H and O–H groups in total. The van der Waals surface area contributed by atoms with E-state index in [2.05, 4.69) is 21.4 Å². The molecule has 0 aromatic heterocycles. The second-order valence-corrected chi connectivity index (χ2v) is 7.36. The summed E-state index contributed by atoms with van der Waals surface area (Å²) in [6.07, 6.45) is 5.60. The fourth-order valence-electron chi connectivity index (χ4n) is 3.64. The monoisotopic (exact) mass is 374 g/mol. The number of aliphatic imine (C=N–C) groups is 2. The predicted molar refractivity (Wildman–Crippen MR) is 102 cm³/mol. The summed E-state index contributed by atoms with van der Waals surface area (Å²) < 4.78 is 20.0. The number of nitrogens with one attached hydrogen (secondary N) is 1. The summed E-state index contributed by atoms with van der Waals surface area (Å²) in [5.74, 6) is 0.0480. The van der Waals surface area contributed by atoms with Crippen LogP contribution in [0.4, 0.5) is 10.1 Å². The first-order valence-electron chi connectivity index (χ1n) is 8.59. The predicted octanol–water partition coefficient (Wildman–Crippen LogP) is 3.46. The van der Waals surface area contributed by atoms with Gasteiger partial charge in [0.1, 0.15) is 23.8 Å². The Bertz CT molecular complexity index is 876. The van der Waals surface area contributed by atoms with Gasteiger partial charge in [0, 0.05) is 23.0 Å². The lowest BCUT2D eigenvalue weighted by Crippen LogP contribution is -2.38. The highest BCUT2D eigenvalue weighted by molar-refractivity contribution is 6.37. The molecule has 1 unspecified atom stereocenters. The van der Waals surface area contributed by atoms with Crippen LogP contribution in [0.1, 0.15) is 25.3 Å². The molecule has 1 aromatic rings. The topological polar surface area (TPSA) is 72.0 Å². The minimum atomic E-state index is -0.836. The van der Waals surface area contributed by atoms with E-state index >= 15 is 0 Å². The van der Waals surface area contributed by atoms with E-state index in [-0.39, 0.29) is 25.1 Å². The number of amidine groups is 1. The summed E-state index contributed by atoms with van der Waals surface area (Å²) in [5.41, 5.74) is 8.15. The number of hydrogen-bond acceptors (Lipinski definition) is 5. The van der Waals surface area contributed by atoms with E-state index in [1.165, 1.54) is 6.07 Å². The van der Waals surface area contributed by atoms with E-state index in [0.29, 0.717) is 16.4 Å². The van der Waals surface area contributed by atoms with Gasteiger partial charge in [-0.3, -0.25) is 9.98 Å². The third-order valence-electron chi connectivity index (χ3n) is 4.90. The van der Waals surface area contributed by atoms with Crippen molar-refractivity contribution in [2.45, 2.75) is 31.3 Å². The summed E-state index contributed by atoms with van der Waals surface area (Å²) in [5, 5.41) is 4.13. The van der Waals surface area contributed by atoms with E-state index in [4.69, 9.17) is 22.1 Å². The summed E-state index contributed by atoms with van der Waals surface area (Å²) in [4.78, 5) is 8.87. The van der Waals surface area contributed by atoms with Crippen LogP contribution in [0.15, 0.2) is 51.1 Å². The Morgan fingerprint density at radius 1 is 1.42 bits per heavy atom. The maximum atomic E-state index is 14.5. The third kappa shape index (κ3) is 3.04. The van der Waals surface area contributed by atoms with E-state index in [1.807, 2.05) is 6.92 Å². The number of benzene rings is 1. The molecule has 0 saturated heterocycles. The molecule has 1 aliphatic carbocycles. The van der Waals surface area contributed by atoms with Gasteiger partial charge in [-0.25, -0.2) is 4.39 Å². The molecule has 2 aliphatic heterocycles. The molecule has 7 heteroatoms. The molecule has 0 radical (unpaired) electrons. The SMILES string of the molecule is C[C@@]1(c2cc(NC3CCC=C4C(Cl)=CN=C43)ccc2F)COCC(N)=N1. The fourth-order valence-corrected chi connectivity index (χ4v) is 3.86. The number of ether oxygens (including phenoxy) is 1. The minimum absolute atomic E-state index is 0.0322. The maximum Gasteiger partial charge on any atom is 0.129 e. The largest absolute Gasteiger partial charge is 0.386 e. The van der Waals surface area contributed by atoms with Crippen LogP contribution in [-0.4, -0.2) is 30.8 Å². The molecule has 0 fully saturated rings. The van der Waals surface area contributed by atoms with Gasteiger partial charge in [-0.05, 0) is 38.0 Å². The molecule has 0 saturated carbocycles.